The van der Waals surface area contributed by atoms with Crippen molar-refractivity contribution in [3.8, 4) is 0 Å². The minimum atomic E-state index is -0.487. The first kappa shape index (κ1) is 7.12. The number of azo groups is 1. The van der Waals surface area contributed by atoms with Crippen molar-refractivity contribution in [3.63, 3.8) is 0 Å². The van der Waals surface area contributed by atoms with E-state index < -0.39 is 6.17 Å². The van der Waals surface area contributed by atoms with Crippen LogP contribution in [0.1, 0.15) is 22.1 Å². The Kier molecular flexibility index (Phi) is 1.48. The largest absolute Gasteiger partial charge is 0.304 e. The monoisotopic (exact) mass is 161 g/mol. The molecule has 0 fully saturated rings. The second kappa shape index (κ2) is 2.49. The van der Waals surface area contributed by atoms with E-state index in [0.717, 1.165) is 5.56 Å². The Morgan fingerprint density at radius 2 is 2.08 bits per heavy atom. The number of fused-ring (bicyclic) bond motifs is 1. The minimum Gasteiger partial charge on any atom is -0.304 e. The Labute approximate surface area is 69.1 Å². The molecule has 0 radical (unpaired) electrons. The van der Waals surface area contributed by atoms with Gasteiger partial charge in [0, 0.05) is 5.56 Å². The Morgan fingerprint density at radius 1 is 1.33 bits per heavy atom. The molecule has 0 aromatic heterocycles. The van der Waals surface area contributed by atoms with Crippen LogP contribution < -0.4 is 5.73 Å². The molecule has 1 heterocycles. The lowest BCUT2D eigenvalue weighted by atomic mass is 10.0. The Hall–Kier alpha value is -1.55. The average Bonchev–Trinajstić information content (AvgIpc) is 2.12. The van der Waals surface area contributed by atoms with Gasteiger partial charge < -0.3 is 5.73 Å². The highest BCUT2D eigenvalue weighted by atomic mass is 16.1. The summed E-state index contributed by atoms with van der Waals surface area (Å²) in [5.74, 6) is -0.313. The third kappa shape index (κ3) is 0.931. The summed E-state index contributed by atoms with van der Waals surface area (Å²) in [6.45, 7) is 0. The van der Waals surface area contributed by atoms with Gasteiger partial charge in [0.1, 0.15) is 6.17 Å². The molecular weight excluding hydrogens is 154 g/mol. The zero-order valence-corrected chi connectivity index (χ0v) is 6.27. The highest BCUT2D eigenvalue weighted by Gasteiger charge is 2.19. The highest BCUT2D eigenvalue weighted by Crippen LogP contribution is 2.22. The van der Waals surface area contributed by atoms with Gasteiger partial charge in [-0.1, -0.05) is 18.2 Å². The molecule has 1 aromatic carbocycles. The standard InChI is InChI=1S/C8H7N3O/c9-7-5-3-1-2-4-6(5)8(12)11-10-7/h1-4,7H,9H2. The van der Waals surface area contributed by atoms with Crippen molar-refractivity contribution in [1.29, 1.82) is 0 Å². The average molecular weight is 161 g/mol. The lowest BCUT2D eigenvalue weighted by Crippen LogP contribution is -2.15. The van der Waals surface area contributed by atoms with Crippen LogP contribution in [-0.2, 0) is 0 Å². The molecule has 2 N–H and O–H groups in total. The van der Waals surface area contributed by atoms with Crippen LogP contribution in [0.4, 0.5) is 0 Å². The Bertz CT molecular complexity index is 359. The predicted molar refractivity (Wildman–Crippen MR) is 42.6 cm³/mol. The number of nitrogens with two attached hydrogens (primary N) is 1. The summed E-state index contributed by atoms with van der Waals surface area (Å²) in [6, 6.07) is 7.10. The van der Waals surface area contributed by atoms with E-state index in [4.69, 9.17) is 5.73 Å². The molecule has 4 heteroatoms. The lowest BCUT2D eigenvalue weighted by molar-refractivity contribution is 0.0985. The Balaban J connectivity index is 2.61. The van der Waals surface area contributed by atoms with Crippen LogP contribution in [0.15, 0.2) is 34.5 Å². The number of rotatable bonds is 0. The van der Waals surface area contributed by atoms with Crippen LogP contribution in [-0.4, -0.2) is 5.91 Å². The summed E-state index contributed by atoms with van der Waals surface area (Å²) < 4.78 is 0. The van der Waals surface area contributed by atoms with Gasteiger partial charge in [0.05, 0.1) is 5.56 Å². The molecule has 1 unspecified atom stereocenters. The number of carbonyl (C=O) groups is 1. The number of benzene rings is 1. The van der Waals surface area contributed by atoms with Crippen LogP contribution in [0.5, 0.6) is 0 Å². The maximum Gasteiger partial charge on any atom is 0.295 e. The fourth-order valence-corrected chi connectivity index (χ4v) is 1.18. The van der Waals surface area contributed by atoms with Gasteiger partial charge in [-0.3, -0.25) is 4.79 Å². The topological polar surface area (TPSA) is 67.8 Å². The second-order valence-electron chi connectivity index (χ2n) is 2.55. The molecule has 60 valence electrons. The first-order valence-corrected chi connectivity index (χ1v) is 3.59. The van der Waals surface area contributed by atoms with Crippen LogP contribution in [0.3, 0.4) is 0 Å². The molecule has 2 rings (SSSR count). The summed E-state index contributed by atoms with van der Waals surface area (Å²) in [5.41, 5.74) is 6.90. The summed E-state index contributed by atoms with van der Waals surface area (Å²) in [7, 11) is 0. The van der Waals surface area contributed by atoms with Gasteiger partial charge >= 0.3 is 0 Å². The van der Waals surface area contributed by atoms with E-state index in [1.54, 1.807) is 18.2 Å². The molecule has 0 saturated carbocycles. The lowest BCUT2D eigenvalue weighted by Gasteiger charge is -2.12. The van der Waals surface area contributed by atoms with Crippen LogP contribution in [0.2, 0.25) is 0 Å². The molecule has 1 aromatic rings. The fourth-order valence-electron chi connectivity index (χ4n) is 1.18. The smallest absolute Gasteiger partial charge is 0.295 e. The van der Waals surface area contributed by atoms with Gasteiger partial charge in [0.2, 0.25) is 0 Å². The fraction of sp³-hybridized carbons (Fsp3) is 0.125. The molecule has 0 bridgehead atoms. The molecular formula is C8H7N3O. The maximum atomic E-state index is 11.1. The molecule has 4 nitrogen and oxygen atoms in total. The van der Waals surface area contributed by atoms with Crippen LogP contribution in [0, 0.1) is 0 Å². The van der Waals surface area contributed by atoms with Crippen molar-refractivity contribution < 1.29 is 4.79 Å². The minimum absolute atomic E-state index is 0.313. The summed E-state index contributed by atoms with van der Waals surface area (Å²) in [4.78, 5) is 11.1. The van der Waals surface area contributed by atoms with E-state index >= 15 is 0 Å². The van der Waals surface area contributed by atoms with E-state index in [-0.39, 0.29) is 5.91 Å². The molecule has 1 atom stereocenters. The van der Waals surface area contributed by atoms with Gasteiger partial charge in [-0.05, 0) is 6.07 Å². The van der Waals surface area contributed by atoms with Gasteiger partial charge in [-0.2, -0.15) is 5.11 Å². The third-order valence-corrected chi connectivity index (χ3v) is 1.78. The van der Waals surface area contributed by atoms with Crippen LogP contribution >= 0.6 is 0 Å². The molecule has 1 aliphatic rings. The SMILES string of the molecule is NC1N=NC(=O)c2ccccc21. The number of nitrogens with zero attached hydrogens (tertiary/aromatic N) is 2. The third-order valence-electron chi connectivity index (χ3n) is 1.78. The van der Waals surface area contributed by atoms with Gasteiger partial charge in [0.25, 0.3) is 5.91 Å². The predicted octanol–water partition coefficient (Wildman–Crippen LogP) is 1.25. The van der Waals surface area contributed by atoms with E-state index in [1.807, 2.05) is 6.07 Å². The molecule has 0 saturated heterocycles. The molecule has 0 spiro atoms. The number of carbonyl (C=O) groups excluding carboxylic acids is 1. The Morgan fingerprint density at radius 3 is 2.83 bits per heavy atom. The second-order valence-corrected chi connectivity index (χ2v) is 2.55. The zero-order valence-electron chi connectivity index (χ0n) is 6.27. The van der Waals surface area contributed by atoms with Crippen molar-refractivity contribution in [3.05, 3.63) is 35.4 Å². The van der Waals surface area contributed by atoms with Crippen molar-refractivity contribution in [2.24, 2.45) is 16.0 Å². The number of hydrogen-bond donors (Lipinski definition) is 1. The molecule has 1 aliphatic heterocycles. The zero-order chi connectivity index (χ0) is 8.55. The molecule has 1 amide bonds. The summed E-state index contributed by atoms with van der Waals surface area (Å²) in [6.07, 6.45) is -0.487. The van der Waals surface area contributed by atoms with Crippen molar-refractivity contribution >= 4 is 5.91 Å². The van der Waals surface area contributed by atoms with Gasteiger partial charge in [0.15, 0.2) is 0 Å². The van der Waals surface area contributed by atoms with Gasteiger partial charge in [-0.15, -0.1) is 5.11 Å². The number of amides is 1. The summed E-state index contributed by atoms with van der Waals surface area (Å²) in [5, 5.41) is 7.02. The molecule has 12 heavy (non-hydrogen) atoms. The highest BCUT2D eigenvalue weighted by molar-refractivity contribution is 5.96. The van der Waals surface area contributed by atoms with E-state index in [9.17, 15) is 4.79 Å². The van der Waals surface area contributed by atoms with E-state index in [0.29, 0.717) is 5.56 Å². The van der Waals surface area contributed by atoms with Gasteiger partial charge in [-0.25, -0.2) is 0 Å². The van der Waals surface area contributed by atoms with Crippen molar-refractivity contribution in [1.82, 2.24) is 0 Å². The van der Waals surface area contributed by atoms with Crippen LogP contribution in [0.25, 0.3) is 0 Å². The van der Waals surface area contributed by atoms with Crippen molar-refractivity contribution in [2.75, 3.05) is 0 Å². The van der Waals surface area contributed by atoms with Crippen molar-refractivity contribution in [2.45, 2.75) is 6.17 Å². The normalized spacial score (nSPS) is 20.8. The first-order valence-electron chi connectivity index (χ1n) is 3.59. The quantitative estimate of drug-likeness (QED) is 0.622. The number of hydrogen-bond acceptors (Lipinski definition) is 3. The van der Waals surface area contributed by atoms with E-state index in [1.165, 1.54) is 0 Å². The molecule has 0 aliphatic carbocycles. The summed E-state index contributed by atoms with van der Waals surface area (Å²) >= 11 is 0. The maximum absolute atomic E-state index is 11.1. The first-order chi connectivity index (χ1) is 5.79. The van der Waals surface area contributed by atoms with E-state index in [2.05, 4.69) is 10.2 Å².